The van der Waals surface area contributed by atoms with Crippen LogP contribution in [0.2, 0.25) is 0 Å². The van der Waals surface area contributed by atoms with Crippen molar-refractivity contribution < 1.29 is 224 Å². The van der Waals surface area contributed by atoms with E-state index in [1.54, 1.807) is 0 Å². The quantitative estimate of drug-likeness (QED) is 0.0900. The van der Waals surface area contributed by atoms with Crippen molar-refractivity contribution in [3.63, 3.8) is 0 Å². The van der Waals surface area contributed by atoms with Gasteiger partial charge in [0.05, 0.1) is 0 Å². The first-order valence-corrected chi connectivity index (χ1v) is 18.0. The molecule has 0 aromatic heterocycles. The van der Waals surface area contributed by atoms with Gasteiger partial charge in [0, 0.05) is 0 Å². The largest absolute Gasteiger partial charge is 0.460 e. The van der Waals surface area contributed by atoms with Gasteiger partial charge < -0.3 is 5.40 Å². The lowest BCUT2D eigenvalue weighted by atomic mass is 9.91. The van der Waals surface area contributed by atoms with Gasteiger partial charge in [-0.25, -0.2) is 26.3 Å². The van der Waals surface area contributed by atoms with Crippen LogP contribution in [-0.2, 0) is 0 Å². The highest BCUT2D eigenvalue weighted by Crippen LogP contribution is 2.73. The molecule has 0 atom stereocenters. The molecule has 0 aliphatic carbocycles. The molecule has 0 aromatic carbocycles. The molecule has 0 aliphatic heterocycles. The SMILES string of the molecule is N[Si](C(F)(F)C(F)(F)C(F)(F)C(F)(F)C(F)(F)C(F)(F)C(F)(F)C(F)(F)F)(C(F)(F)C(F)(F)C(F)(F)C(F)(F)C(F)(F)C(F)(F)C(F)(F)C(F)(F)F)C(F)(F)C(F)(F)C(F)(F)C(F)(F)C(F)(F)C(F)(F)C(F)(F)C(F)(F)F. The molecule has 0 radical (unpaired) electrons. The maximum absolute atomic E-state index is 15.4. The van der Waals surface area contributed by atoms with Crippen molar-refractivity contribution >= 4 is 8.24 Å². The lowest BCUT2D eigenvalue weighted by Gasteiger charge is -2.53. The summed E-state index contributed by atoms with van der Waals surface area (Å²) in [5.74, 6) is -191. The maximum Gasteiger partial charge on any atom is 0.460 e. The minimum atomic E-state index is -14.4. The topological polar surface area (TPSA) is 26.0 Å². The van der Waals surface area contributed by atoms with Crippen molar-refractivity contribution in [3.05, 3.63) is 0 Å². The zero-order chi connectivity index (χ0) is 64.5. The van der Waals surface area contributed by atoms with Crippen molar-refractivity contribution in [1.29, 1.82) is 0 Å². The van der Waals surface area contributed by atoms with E-state index in [0.29, 0.717) is 0 Å². The molecule has 77 heavy (non-hydrogen) atoms. The van der Waals surface area contributed by atoms with Gasteiger partial charge in [-0.1, -0.05) is 0 Å². The monoisotopic (exact) mass is 1300 g/mol. The van der Waals surface area contributed by atoms with Crippen LogP contribution in [0.5, 0.6) is 0 Å². The minimum Gasteiger partial charge on any atom is -0.337 e. The van der Waals surface area contributed by atoms with Crippen molar-refractivity contribution in [3.8, 4) is 0 Å². The summed E-state index contributed by atoms with van der Waals surface area (Å²) in [6.07, 6.45) is -26.7. The normalized spacial score (nSPS) is 17.6. The molecular weight excluding hydrogens is 1300 g/mol. The Hall–Kier alpha value is -3.39. The van der Waals surface area contributed by atoms with E-state index in [1.165, 1.54) is 0 Å². The highest BCUT2D eigenvalue weighted by atomic mass is 28.3. The van der Waals surface area contributed by atoms with Crippen LogP contribution in [0.15, 0.2) is 0 Å². The summed E-state index contributed by atoms with van der Waals surface area (Å²) in [7, 11) is -14.4. The maximum atomic E-state index is 15.4. The van der Waals surface area contributed by atoms with Crippen molar-refractivity contribution in [2.45, 2.75) is 142 Å². The molecule has 0 aromatic rings. The summed E-state index contributed by atoms with van der Waals surface area (Å²) in [4.78, 5) is 0. The zero-order valence-electron chi connectivity index (χ0n) is 32.4. The zero-order valence-corrected chi connectivity index (χ0v) is 33.4. The number of hydrogen-bond acceptors (Lipinski definition) is 1. The van der Waals surface area contributed by atoms with Crippen molar-refractivity contribution in [1.82, 2.24) is 0 Å². The number of alkyl halides is 51. The number of hydrogen-bond donors (Lipinski definition) is 1. The Kier molecular flexibility index (Phi) is 16.6. The fourth-order valence-corrected chi connectivity index (χ4v) is 7.97. The molecule has 0 amide bonds. The lowest BCUT2D eigenvalue weighted by Crippen LogP contribution is -2.94. The van der Waals surface area contributed by atoms with Crippen molar-refractivity contribution in [2.75, 3.05) is 0 Å². The molecule has 0 heterocycles. The van der Waals surface area contributed by atoms with Gasteiger partial charge in [0.25, 0.3) is 0 Å². The predicted molar refractivity (Wildman–Crippen MR) is 132 cm³/mol. The third-order valence-corrected chi connectivity index (χ3v) is 13.6. The van der Waals surface area contributed by atoms with E-state index in [2.05, 4.69) is 5.40 Å². The Morgan fingerprint density at radius 1 is 0.130 bits per heavy atom. The van der Waals surface area contributed by atoms with Crippen LogP contribution in [0.25, 0.3) is 0 Å². The Bertz CT molecular complexity index is 1900. The molecule has 0 spiro atoms. The van der Waals surface area contributed by atoms with Crippen LogP contribution in [0, 0.1) is 0 Å². The molecule has 0 rings (SSSR count). The van der Waals surface area contributed by atoms with E-state index < -0.39 is 150 Å². The first kappa shape index (κ1) is 73.6. The second-order valence-electron chi connectivity index (χ2n) is 14.4. The van der Waals surface area contributed by atoms with Crippen LogP contribution in [0.1, 0.15) is 0 Å². The number of rotatable bonds is 21. The van der Waals surface area contributed by atoms with E-state index in [9.17, 15) is 198 Å². The molecule has 53 heteroatoms. The Morgan fingerprint density at radius 3 is 0.299 bits per heavy atom. The van der Waals surface area contributed by atoms with Gasteiger partial charge >= 0.3 is 150 Å². The van der Waals surface area contributed by atoms with Gasteiger partial charge in [0.2, 0.25) is 0 Å². The number of nitrogens with two attached hydrogens (primary N) is 1. The summed E-state index contributed by atoms with van der Waals surface area (Å²) in [6.45, 7) is 0. The van der Waals surface area contributed by atoms with Crippen LogP contribution in [-0.4, -0.2) is 150 Å². The highest BCUT2D eigenvalue weighted by molar-refractivity contribution is 6.84. The van der Waals surface area contributed by atoms with Crippen LogP contribution in [0.3, 0.4) is 0 Å². The molecule has 0 fully saturated rings. The second-order valence-corrected chi connectivity index (χ2v) is 17.9. The summed E-state index contributed by atoms with van der Waals surface area (Å²) in [5, 5.41) is 2.47. The lowest BCUT2D eigenvalue weighted by molar-refractivity contribution is -0.464. The van der Waals surface area contributed by atoms with Crippen LogP contribution >= 0.6 is 0 Å². The average molecular weight is 1300 g/mol. The molecule has 2 N–H and O–H groups in total. The molecule has 0 saturated heterocycles. The number of halogens is 51. The summed E-state index contributed by atoms with van der Waals surface area (Å²) in [5.41, 5.74) is -35.1. The van der Waals surface area contributed by atoms with Gasteiger partial charge in [-0.3, -0.25) is 0 Å². The van der Waals surface area contributed by atoms with Gasteiger partial charge in [0.15, 0.2) is 0 Å². The van der Waals surface area contributed by atoms with Gasteiger partial charge in [-0.15, -0.1) is 0 Å². The molecule has 464 valence electrons. The molecule has 0 unspecified atom stereocenters. The third kappa shape index (κ3) is 8.01. The molecule has 1 nitrogen and oxygen atoms in total. The van der Waals surface area contributed by atoms with Crippen LogP contribution in [0.4, 0.5) is 224 Å². The van der Waals surface area contributed by atoms with E-state index in [-0.39, 0.29) is 0 Å². The summed E-state index contributed by atoms with van der Waals surface area (Å²) < 4.78 is 707. The Morgan fingerprint density at radius 2 is 0.208 bits per heavy atom. The van der Waals surface area contributed by atoms with Gasteiger partial charge in [0.1, 0.15) is 0 Å². The standard InChI is InChI=1S/C24H2F51NSi/c25-1(26,7(37,38)13(49,50)19(61,62)63)4(31,32)10(43,44)16(55,56)22(70,71)77(76,23(72,73)17(57,58)11(45,46)5(33,34)2(27,28)8(39,40)14(51,52)20(64,65)66)24(74,75)18(59,60)12(47,48)6(35,36)3(29,30)9(41,42)15(53,54)21(67,68)69/h76H2. The van der Waals surface area contributed by atoms with Crippen LogP contribution < -0.4 is 5.40 Å². The smallest absolute Gasteiger partial charge is 0.337 e. The molecule has 0 saturated carbocycles. The first-order valence-electron chi connectivity index (χ1n) is 15.9. The van der Waals surface area contributed by atoms with E-state index >= 15 is 26.3 Å². The summed E-state index contributed by atoms with van der Waals surface area (Å²) >= 11 is 0. The Balaban J connectivity index is 9.93. The molecule has 0 bridgehead atoms. The predicted octanol–water partition coefficient (Wildman–Crippen LogP) is 15.5. The van der Waals surface area contributed by atoms with Crippen molar-refractivity contribution in [2.24, 2.45) is 5.40 Å². The fraction of sp³-hybridized carbons (Fsp3) is 1.00. The first-order chi connectivity index (χ1) is 32.0. The molecular formula is C24H2F51NSi. The minimum absolute atomic E-state index is 2.47. The summed E-state index contributed by atoms with van der Waals surface area (Å²) in [6, 6.07) is 0. The van der Waals surface area contributed by atoms with Gasteiger partial charge in [-0.05, 0) is 0 Å². The fourth-order valence-electron chi connectivity index (χ4n) is 4.83. The van der Waals surface area contributed by atoms with E-state index in [0.717, 1.165) is 0 Å². The van der Waals surface area contributed by atoms with Gasteiger partial charge in [-0.2, -0.15) is 198 Å². The van der Waals surface area contributed by atoms with E-state index in [4.69, 9.17) is 0 Å². The average Bonchev–Trinajstić information content (AvgIpc) is 3.17. The third-order valence-electron chi connectivity index (χ3n) is 9.65. The highest BCUT2D eigenvalue weighted by Gasteiger charge is 3.08. The Labute approximate surface area is 380 Å². The second kappa shape index (κ2) is 17.3. The molecule has 0 aliphatic rings. The van der Waals surface area contributed by atoms with E-state index in [1.807, 2.05) is 0 Å².